The highest BCUT2D eigenvalue weighted by Gasteiger charge is 2.17. The van der Waals surface area contributed by atoms with Crippen LogP contribution in [0.25, 0.3) is 11.3 Å². The van der Waals surface area contributed by atoms with Crippen LogP contribution in [0, 0.1) is 29.5 Å². The fourth-order valence-corrected chi connectivity index (χ4v) is 3.23. The highest BCUT2D eigenvalue weighted by molar-refractivity contribution is 5.59. The van der Waals surface area contributed by atoms with Gasteiger partial charge in [-0.15, -0.1) is 0 Å². The predicted octanol–water partition coefficient (Wildman–Crippen LogP) is 6.01. The zero-order chi connectivity index (χ0) is 17.5. The number of nitrogens with zero attached hydrogens (tertiary/aromatic N) is 1. The van der Waals surface area contributed by atoms with Crippen molar-refractivity contribution in [1.82, 2.24) is 4.98 Å². The van der Waals surface area contributed by atoms with Crippen molar-refractivity contribution in [2.24, 2.45) is 11.8 Å². The molecular formula is C23H24FN. The van der Waals surface area contributed by atoms with Crippen molar-refractivity contribution in [2.45, 2.75) is 39.0 Å². The Morgan fingerprint density at radius 3 is 2.48 bits per heavy atom. The summed E-state index contributed by atoms with van der Waals surface area (Å²) < 4.78 is 13.0. The zero-order valence-electron chi connectivity index (χ0n) is 14.7. The topological polar surface area (TPSA) is 12.9 Å². The molecular weight excluding hydrogens is 309 g/mol. The number of allylic oxidation sites excluding steroid dienone is 2. The van der Waals surface area contributed by atoms with Gasteiger partial charge in [0.2, 0.25) is 0 Å². The highest BCUT2D eigenvalue weighted by Crippen LogP contribution is 2.29. The molecule has 128 valence electrons. The largest absolute Gasteiger partial charge is 0.255 e. The number of aromatic nitrogens is 1. The quantitative estimate of drug-likeness (QED) is 0.495. The summed E-state index contributed by atoms with van der Waals surface area (Å²) in [6.45, 7) is 2.18. The molecule has 3 rings (SSSR count). The minimum atomic E-state index is -0.230. The predicted molar refractivity (Wildman–Crippen MR) is 101 cm³/mol. The van der Waals surface area contributed by atoms with E-state index in [1.807, 2.05) is 12.1 Å². The molecule has 0 aliphatic heterocycles. The molecule has 0 bridgehead atoms. The molecule has 1 fully saturated rings. The van der Waals surface area contributed by atoms with Gasteiger partial charge in [-0.1, -0.05) is 30.9 Å². The van der Waals surface area contributed by atoms with Gasteiger partial charge >= 0.3 is 0 Å². The van der Waals surface area contributed by atoms with Crippen molar-refractivity contribution < 1.29 is 4.39 Å². The summed E-state index contributed by atoms with van der Waals surface area (Å²) >= 11 is 0. The lowest BCUT2D eigenvalue weighted by Gasteiger charge is -2.23. The third-order valence-electron chi connectivity index (χ3n) is 4.74. The van der Waals surface area contributed by atoms with Gasteiger partial charge in [0.05, 0.1) is 5.69 Å². The van der Waals surface area contributed by atoms with Gasteiger partial charge in [0.25, 0.3) is 0 Å². The van der Waals surface area contributed by atoms with Crippen molar-refractivity contribution in [3.05, 3.63) is 66.1 Å². The van der Waals surface area contributed by atoms with Gasteiger partial charge < -0.3 is 0 Å². The van der Waals surface area contributed by atoms with E-state index in [0.717, 1.165) is 29.2 Å². The van der Waals surface area contributed by atoms with E-state index in [9.17, 15) is 4.39 Å². The van der Waals surface area contributed by atoms with E-state index in [4.69, 9.17) is 0 Å². The lowest BCUT2D eigenvalue weighted by atomic mass is 9.82. The van der Waals surface area contributed by atoms with Crippen LogP contribution in [-0.4, -0.2) is 4.98 Å². The summed E-state index contributed by atoms with van der Waals surface area (Å²) in [6, 6.07) is 10.3. The summed E-state index contributed by atoms with van der Waals surface area (Å²) in [5.74, 6) is 7.70. The lowest BCUT2D eigenvalue weighted by molar-refractivity contribution is 0.364. The molecule has 0 radical (unpaired) electrons. The first-order valence-corrected chi connectivity index (χ1v) is 9.15. The highest BCUT2D eigenvalue weighted by atomic mass is 19.1. The normalized spacial score (nSPS) is 20.2. The Bertz CT molecular complexity index is 754. The van der Waals surface area contributed by atoms with E-state index in [2.05, 4.69) is 35.9 Å². The van der Waals surface area contributed by atoms with Gasteiger partial charge in [0.1, 0.15) is 5.82 Å². The molecule has 25 heavy (non-hydrogen) atoms. The Morgan fingerprint density at radius 1 is 1.08 bits per heavy atom. The summed E-state index contributed by atoms with van der Waals surface area (Å²) in [7, 11) is 0. The molecule has 0 atom stereocenters. The summed E-state index contributed by atoms with van der Waals surface area (Å²) in [6.07, 6.45) is 12.5. The van der Waals surface area contributed by atoms with Crippen LogP contribution in [0.15, 0.2) is 54.7 Å². The van der Waals surface area contributed by atoms with E-state index in [0.29, 0.717) is 5.92 Å². The zero-order valence-corrected chi connectivity index (χ0v) is 14.7. The summed E-state index contributed by atoms with van der Waals surface area (Å²) in [5, 5.41) is 0. The Balaban J connectivity index is 1.58. The second kappa shape index (κ2) is 8.62. The molecule has 0 spiro atoms. The molecule has 0 unspecified atom stereocenters. The Morgan fingerprint density at radius 2 is 1.84 bits per heavy atom. The number of benzene rings is 1. The molecule has 0 saturated heterocycles. The van der Waals surface area contributed by atoms with E-state index in [-0.39, 0.29) is 5.82 Å². The van der Waals surface area contributed by atoms with E-state index >= 15 is 0 Å². The van der Waals surface area contributed by atoms with Crippen LogP contribution >= 0.6 is 0 Å². The van der Waals surface area contributed by atoms with E-state index in [1.54, 1.807) is 18.3 Å². The number of rotatable bonds is 3. The molecule has 1 aromatic heterocycles. The van der Waals surface area contributed by atoms with E-state index in [1.165, 1.54) is 37.8 Å². The molecule has 0 N–H and O–H groups in total. The number of hydrogen-bond donors (Lipinski definition) is 0. The second-order valence-electron chi connectivity index (χ2n) is 6.66. The first-order valence-electron chi connectivity index (χ1n) is 9.15. The fraction of sp³-hybridized carbons (Fsp3) is 0.348. The van der Waals surface area contributed by atoms with Crippen molar-refractivity contribution in [3.8, 4) is 23.1 Å². The maximum atomic E-state index is 13.0. The summed E-state index contributed by atoms with van der Waals surface area (Å²) in [4.78, 5) is 4.45. The first-order chi connectivity index (χ1) is 12.2. The smallest absolute Gasteiger partial charge is 0.123 e. The van der Waals surface area contributed by atoms with Crippen molar-refractivity contribution in [3.63, 3.8) is 0 Å². The summed E-state index contributed by atoms with van der Waals surface area (Å²) in [5.41, 5.74) is 2.70. The lowest BCUT2D eigenvalue weighted by Crippen LogP contribution is -2.11. The van der Waals surface area contributed by atoms with Gasteiger partial charge in [-0.2, -0.15) is 0 Å². The van der Waals surface area contributed by atoms with Crippen molar-refractivity contribution in [2.75, 3.05) is 0 Å². The van der Waals surface area contributed by atoms with Crippen molar-refractivity contribution >= 4 is 0 Å². The van der Waals surface area contributed by atoms with Gasteiger partial charge in [-0.05, 0) is 74.4 Å². The monoisotopic (exact) mass is 333 g/mol. The molecule has 1 nitrogen and oxygen atoms in total. The minimum absolute atomic E-state index is 0.230. The Hall–Kier alpha value is -2.40. The molecule has 1 aliphatic carbocycles. The van der Waals surface area contributed by atoms with Crippen LogP contribution in [0.2, 0.25) is 0 Å². The van der Waals surface area contributed by atoms with Gasteiger partial charge in [0, 0.05) is 23.2 Å². The molecule has 2 aromatic rings. The SMILES string of the molecule is CCC=CC1CCC(C#Cc2ccc(-c3ccc(F)cc3)nc2)CC1. The maximum Gasteiger partial charge on any atom is 0.123 e. The Kier molecular flexibility index (Phi) is 6.01. The number of hydrogen-bond acceptors (Lipinski definition) is 1. The number of pyridine rings is 1. The third kappa shape index (κ3) is 5.03. The van der Waals surface area contributed by atoms with Crippen LogP contribution in [-0.2, 0) is 0 Å². The second-order valence-corrected chi connectivity index (χ2v) is 6.66. The maximum absolute atomic E-state index is 13.0. The average Bonchev–Trinajstić information content (AvgIpc) is 2.67. The third-order valence-corrected chi connectivity index (χ3v) is 4.74. The molecule has 1 heterocycles. The molecule has 1 aliphatic rings. The molecule has 1 aromatic carbocycles. The van der Waals surface area contributed by atoms with Gasteiger partial charge in [-0.3, -0.25) is 4.98 Å². The Labute approximate surface area is 150 Å². The van der Waals surface area contributed by atoms with Crippen LogP contribution in [0.3, 0.4) is 0 Å². The first kappa shape index (κ1) is 17.4. The van der Waals surface area contributed by atoms with Crippen LogP contribution < -0.4 is 0 Å². The average molecular weight is 333 g/mol. The van der Waals surface area contributed by atoms with Crippen molar-refractivity contribution in [1.29, 1.82) is 0 Å². The molecule has 2 heteroatoms. The fourth-order valence-electron chi connectivity index (χ4n) is 3.23. The number of halogens is 1. The minimum Gasteiger partial charge on any atom is -0.255 e. The van der Waals surface area contributed by atoms with E-state index < -0.39 is 0 Å². The molecule has 0 amide bonds. The van der Waals surface area contributed by atoms with Crippen LogP contribution in [0.1, 0.15) is 44.6 Å². The van der Waals surface area contributed by atoms with Gasteiger partial charge in [0.15, 0.2) is 0 Å². The van der Waals surface area contributed by atoms with Gasteiger partial charge in [-0.25, -0.2) is 4.39 Å². The van der Waals surface area contributed by atoms with Crippen LogP contribution in [0.4, 0.5) is 4.39 Å². The molecule has 1 saturated carbocycles. The standard InChI is InChI=1S/C23H24FN/c1-2-3-4-18-5-7-19(8-6-18)9-10-20-11-16-23(25-17-20)21-12-14-22(24)15-13-21/h3-4,11-19H,2,5-8H2,1H3. The van der Waals surface area contributed by atoms with Crippen LogP contribution in [0.5, 0.6) is 0 Å².